The summed E-state index contributed by atoms with van der Waals surface area (Å²) in [4.78, 5) is 10.3. The van der Waals surface area contributed by atoms with Crippen LogP contribution >= 0.6 is 0 Å². The Labute approximate surface area is 76.4 Å². The lowest BCUT2D eigenvalue weighted by Gasteiger charge is -1.92. The first kappa shape index (κ1) is 9.70. The first-order chi connectivity index (χ1) is 6.22. The van der Waals surface area contributed by atoms with Crippen molar-refractivity contribution < 1.29 is 9.90 Å². The van der Waals surface area contributed by atoms with Gasteiger partial charge in [-0.1, -0.05) is 12.1 Å². The molecule has 0 spiro atoms. The van der Waals surface area contributed by atoms with Gasteiger partial charge in [0, 0.05) is 19.2 Å². The van der Waals surface area contributed by atoms with E-state index in [-0.39, 0.29) is 6.42 Å². The van der Waals surface area contributed by atoms with E-state index in [1.807, 2.05) is 0 Å². The molecular formula is C8H13N3O2. The fourth-order valence-electron chi connectivity index (χ4n) is 1.03. The molecule has 13 heavy (non-hydrogen) atoms. The SMILES string of the molecule is CCCn1cc(CCC(=O)O)nn1. The third-order valence-electron chi connectivity index (χ3n) is 1.63. The first-order valence-corrected chi connectivity index (χ1v) is 4.33. The van der Waals surface area contributed by atoms with Crippen molar-refractivity contribution in [1.29, 1.82) is 0 Å². The fraction of sp³-hybridized carbons (Fsp3) is 0.625. The van der Waals surface area contributed by atoms with Gasteiger partial charge in [-0.05, 0) is 6.42 Å². The Hall–Kier alpha value is -1.39. The number of nitrogens with zero attached hydrogens (tertiary/aromatic N) is 3. The molecule has 0 saturated carbocycles. The molecule has 0 aliphatic carbocycles. The molecule has 0 saturated heterocycles. The van der Waals surface area contributed by atoms with Crippen molar-refractivity contribution in [3.05, 3.63) is 11.9 Å². The first-order valence-electron chi connectivity index (χ1n) is 4.33. The molecule has 72 valence electrons. The highest BCUT2D eigenvalue weighted by atomic mass is 16.4. The summed E-state index contributed by atoms with van der Waals surface area (Å²) in [6, 6.07) is 0. The molecule has 0 bridgehead atoms. The second-order valence-electron chi connectivity index (χ2n) is 2.87. The summed E-state index contributed by atoms with van der Waals surface area (Å²) in [5.74, 6) is -0.801. The van der Waals surface area contributed by atoms with Gasteiger partial charge >= 0.3 is 5.97 Å². The number of carboxylic acid groups (broad SMARTS) is 1. The van der Waals surface area contributed by atoms with Crippen LogP contribution in [-0.2, 0) is 17.8 Å². The van der Waals surface area contributed by atoms with Gasteiger partial charge in [-0.2, -0.15) is 0 Å². The van der Waals surface area contributed by atoms with Gasteiger partial charge in [0.15, 0.2) is 0 Å². The second kappa shape index (κ2) is 4.59. The summed E-state index contributed by atoms with van der Waals surface area (Å²) in [5.41, 5.74) is 0.746. The lowest BCUT2D eigenvalue weighted by molar-refractivity contribution is -0.136. The van der Waals surface area contributed by atoms with Crippen molar-refractivity contribution in [1.82, 2.24) is 15.0 Å². The largest absolute Gasteiger partial charge is 0.481 e. The van der Waals surface area contributed by atoms with Gasteiger partial charge in [0.25, 0.3) is 0 Å². The number of hydrogen-bond acceptors (Lipinski definition) is 3. The van der Waals surface area contributed by atoms with E-state index in [0.717, 1.165) is 18.7 Å². The number of carbonyl (C=O) groups is 1. The Morgan fingerprint density at radius 2 is 2.46 bits per heavy atom. The average molecular weight is 183 g/mol. The average Bonchev–Trinajstić information content (AvgIpc) is 2.50. The third kappa shape index (κ3) is 3.23. The van der Waals surface area contributed by atoms with Crippen molar-refractivity contribution in [2.45, 2.75) is 32.7 Å². The number of hydrogen-bond donors (Lipinski definition) is 1. The Kier molecular flexibility index (Phi) is 3.42. The molecule has 0 unspecified atom stereocenters. The van der Waals surface area contributed by atoms with Gasteiger partial charge in [-0.25, -0.2) is 0 Å². The van der Waals surface area contributed by atoms with Crippen LogP contribution < -0.4 is 0 Å². The molecule has 1 rings (SSSR count). The van der Waals surface area contributed by atoms with Crippen LogP contribution in [0.1, 0.15) is 25.5 Å². The van der Waals surface area contributed by atoms with E-state index in [9.17, 15) is 4.79 Å². The normalized spacial score (nSPS) is 10.2. The number of aromatic nitrogens is 3. The topological polar surface area (TPSA) is 68.0 Å². The molecule has 0 radical (unpaired) electrons. The van der Waals surface area contributed by atoms with Gasteiger partial charge in [-0.15, -0.1) is 5.10 Å². The van der Waals surface area contributed by atoms with E-state index < -0.39 is 5.97 Å². The molecule has 1 aromatic rings. The summed E-state index contributed by atoms with van der Waals surface area (Å²) in [6.07, 6.45) is 3.37. The quantitative estimate of drug-likeness (QED) is 0.729. The van der Waals surface area contributed by atoms with E-state index in [2.05, 4.69) is 17.2 Å². The van der Waals surface area contributed by atoms with Crippen LogP contribution in [0, 0.1) is 0 Å². The van der Waals surface area contributed by atoms with E-state index in [1.54, 1.807) is 10.9 Å². The lowest BCUT2D eigenvalue weighted by atomic mass is 10.2. The zero-order valence-corrected chi connectivity index (χ0v) is 7.60. The van der Waals surface area contributed by atoms with Gasteiger partial charge in [-0.3, -0.25) is 9.48 Å². The van der Waals surface area contributed by atoms with Crippen LogP contribution in [0.4, 0.5) is 0 Å². The molecule has 1 heterocycles. The zero-order valence-electron chi connectivity index (χ0n) is 7.60. The van der Waals surface area contributed by atoms with Crippen LogP contribution in [0.5, 0.6) is 0 Å². The molecule has 0 fully saturated rings. The van der Waals surface area contributed by atoms with Gasteiger partial charge in [0.05, 0.1) is 12.1 Å². The minimum absolute atomic E-state index is 0.116. The molecule has 0 aliphatic rings. The summed E-state index contributed by atoms with van der Waals surface area (Å²) < 4.78 is 1.73. The molecule has 5 heteroatoms. The van der Waals surface area contributed by atoms with Crippen molar-refractivity contribution in [2.24, 2.45) is 0 Å². The molecule has 1 aromatic heterocycles. The summed E-state index contributed by atoms with van der Waals surface area (Å²) in [6.45, 7) is 2.89. The van der Waals surface area contributed by atoms with Crippen LogP contribution in [0.3, 0.4) is 0 Å². The van der Waals surface area contributed by atoms with Crippen molar-refractivity contribution in [3.63, 3.8) is 0 Å². The summed E-state index contributed by atoms with van der Waals surface area (Å²) >= 11 is 0. The molecule has 1 N–H and O–H groups in total. The molecule has 5 nitrogen and oxygen atoms in total. The Morgan fingerprint density at radius 1 is 1.69 bits per heavy atom. The van der Waals surface area contributed by atoms with Crippen molar-refractivity contribution in [2.75, 3.05) is 0 Å². The van der Waals surface area contributed by atoms with Gasteiger partial charge < -0.3 is 5.11 Å². The molecule has 0 atom stereocenters. The maximum absolute atomic E-state index is 10.3. The predicted molar refractivity (Wildman–Crippen MR) is 46.3 cm³/mol. The van der Waals surface area contributed by atoms with E-state index in [1.165, 1.54) is 0 Å². The Morgan fingerprint density at radius 3 is 3.08 bits per heavy atom. The van der Waals surface area contributed by atoms with Crippen molar-refractivity contribution in [3.8, 4) is 0 Å². The fourth-order valence-corrected chi connectivity index (χ4v) is 1.03. The maximum Gasteiger partial charge on any atom is 0.303 e. The van der Waals surface area contributed by atoms with Crippen molar-refractivity contribution >= 4 is 5.97 Å². The minimum atomic E-state index is -0.801. The monoisotopic (exact) mass is 183 g/mol. The van der Waals surface area contributed by atoms with Crippen LogP contribution in [0.25, 0.3) is 0 Å². The Balaban J connectivity index is 2.44. The minimum Gasteiger partial charge on any atom is -0.481 e. The molecule has 0 aliphatic heterocycles. The molecular weight excluding hydrogens is 170 g/mol. The third-order valence-corrected chi connectivity index (χ3v) is 1.63. The zero-order chi connectivity index (χ0) is 9.68. The van der Waals surface area contributed by atoms with Crippen LogP contribution in [-0.4, -0.2) is 26.1 Å². The highest BCUT2D eigenvalue weighted by molar-refractivity contribution is 5.66. The standard InChI is InChI=1S/C8H13N3O2/c1-2-5-11-6-7(9-10-11)3-4-8(12)13/h6H,2-5H2,1H3,(H,12,13). The van der Waals surface area contributed by atoms with Crippen LogP contribution in [0.2, 0.25) is 0 Å². The summed E-state index contributed by atoms with van der Waals surface area (Å²) in [7, 11) is 0. The molecule has 0 aromatic carbocycles. The van der Waals surface area contributed by atoms with Gasteiger partial charge in [0.1, 0.15) is 0 Å². The van der Waals surface area contributed by atoms with E-state index >= 15 is 0 Å². The maximum atomic E-state index is 10.3. The van der Waals surface area contributed by atoms with E-state index in [0.29, 0.717) is 6.42 Å². The lowest BCUT2D eigenvalue weighted by Crippen LogP contribution is -1.97. The highest BCUT2D eigenvalue weighted by Crippen LogP contribution is 1.98. The van der Waals surface area contributed by atoms with Gasteiger partial charge in [0.2, 0.25) is 0 Å². The number of carboxylic acids is 1. The highest BCUT2D eigenvalue weighted by Gasteiger charge is 2.02. The number of rotatable bonds is 5. The number of aryl methyl sites for hydroxylation is 2. The smallest absolute Gasteiger partial charge is 0.303 e. The van der Waals surface area contributed by atoms with E-state index in [4.69, 9.17) is 5.11 Å². The Bertz CT molecular complexity index is 283. The number of aliphatic carboxylic acids is 1. The second-order valence-corrected chi connectivity index (χ2v) is 2.87. The predicted octanol–water partition coefficient (Wildman–Crippen LogP) is 0.705. The summed E-state index contributed by atoms with van der Waals surface area (Å²) in [5, 5.41) is 16.1. The van der Waals surface area contributed by atoms with Crippen LogP contribution in [0.15, 0.2) is 6.20 Å². The molecule has 0 amide bonds.